The minimum absolute atomic E-state index is 0.523. The first-order valence-corrected chi connectivity index (χ1v) is 9.93. The molecule has 0 spiro atoms. The van der Waals surface area contributed by atoms with Crippen molar-refractivity contribution in [1.29, 1.82) is 0 Å². The Balaban J connectivity index is 1.96. The number of fused-ring (bicyclic) bond motifs is 1. The summed E-state index contributed by atoms with van der Waals surface area (Å²) in [7, 11) is 1.70. The average Bonchev–Trinajstić information content (AvgIpc) is 3.10. The number of aryl methyl sites for hydroxylation is 3. The third-order valence-electron chi connectivity index (χ3n) is 5.44. The second kappa shape index (κ2) is 7.55. The Morgan fingerprint density at radius 3 is 2.41 bits per heavy atom. The maximum atomic E-state index is 6.02. The second-order valence-electron chi connectivity index (χ2n) is 7.36. The first-order valence-electron chi connectivity index (χ1n) is 9.93. The van der Waals surface area contributed by atoms with Crippen molar-refractivity contribution >= 4 is 16.9 Å². The fourth-order valence-electron chi connectivity index (χ4n) is 3.97. The molecule has 1 heterocycles. The van der Waals surface area contributed by atoms with Crippen molar-refractivity contribution in [3.63, 3.8) is 0 Å². The van der Waals surface area contributed by atoms with Gasteiger partial charge in [0.2, 0.25) is 0 Å². The molecule has 29 heavy (non-hydrogen) atoms. The smallest absolute Gasteiger partial charge is 0.141 e. The van der Waals surface area contributed by atoms with Crippen molar-refractivity contribution in [1.82, 2.24) is 9.55 Å². The molecule has 0 aliphatic carbocycles. The highest BCUT2D eigenvalue weighted by Crippen LogP contribution is 2.35. The van der Waals surface area contributed by atoms with E-state index in [1.807, 2.05) is 12.1 Å². The van der Waals surface area contributed by atoms with E-state index in [0.29, 0.717) is 5.84 Å². The molecule has 0 unspecified atom stereocenters. The van der Waals surface area contributed by atoms with Crippen LogP contribution in [-0.2, 0) is 6.54 Å². The van der Waals surface area contributed by atoms with Crippen molar-refractivity contribution in [3.8, 4) is 22.5 Å². The van der Waals surface area contributed by atoms with Crippen LogP contribution in [0.4, 0.5) is 0 Å². The lowest BCUT2D eigenvalue weighted by atomic mass is 9.94. The molecule has 4 aromatic rings. The van der Waals surface area contributed by atoms with Crippen molar-refractivity contribution in [2.24, 2.45) is 10.7 Å². The molecule has 0 saturated carbocycles. The van der Waals surface area contributed by atoms with E-state index in [1.54, 1.807) is 7.05 Å². The van der Waals surface area contributed by atoms with Crippen LogP contribution in [0.5, 0.6) is 0 Å². The van der Waals surface area contributed by atoms with E-state index in [4.69, 9.17) is 10.7 Å². The van der Waals surface area contributed by atoms with E-state index in [-0.39, 0.29) is 0 Å². The molecular formula is C25H26N4. The summed E-state index contributed by atoms with van der Waals surface area (Å²) < 4.78 is 2.26. The quantitative estimate of drug-likeness (QED) is 0.382. The van der Waals surface area contributed by atoms with Gasteiger partial charge in [0.25, 0.3) is 0 Å². The Morgan fingerprint density at radius 1 is 0.966 bits per heavy atom. The zero-order chi connectivity index (χ0) is 20.5. The van der Waals surface area contributed by atoms with Gasteiger partial charge in [-0.15, -0.1) is 0 Å². The summed E-state index contributed by atoms with van der Waals surface area (Å²) >= 11 is 0. The first kappa shape index (κ1) is 18.9. The number of hydrogen-bond donors (Lipinski definition) is 1. The van der Waals surface area contributed by atoms with Crippen LogP contribution in [0.3, 0.4) is 0 Å². The Hall–Kier alpha value is -3.40. The lowest BCUT2D eigenvalue weighted by Crippen LogP contribution is -2.12. The molecular weight excluding hydrogens is 356 g/mol. The van der Waals surface area contributed by atoms with E-state index < -0.39 is 0 Å². The van der Waals surface area contributed by atoms with Crippen LogP contribution in [-0.4, -0.2) is 22.4 Å². The molecule has 4 rings (SSSR count). The highest BCUT2D eigenvalue weighted by atomic mass is 15.1. The SMILES string of the molecule is CCn1c(-c2ccccc2-c2ccc(C)cc2C)nc2cc(C(N)=NC)ccc21. The summed E-state index contributed by atoms with van der Waals surface area (Å²) in [6.07, 6.45) is 0. The molecule has 0 bridgehead atoms. The van der Waals surface area contributed by atoms with Gasteiger partial charge in [-0.1, -0.05) is 48.0 Å². The number of aliphatic imine (C=N–C) groups is 1. The monoisotopic (exact) mass is 382 g/mol. The number of nitrogens with two attached hydrogens (primary N) is 1. The van der Waals surface area contributed by atoms with Gasteiger partial charge in [-0.05, 0) is 55.7 Å². The fraction of sp³-hybridized carbons (Fsp3) is 0.200. The molecule has 0 atom stereocenters. The van der Waals surface area contributed by atoms with Gasteiger partial charge in [-0.2, -0.15) is 0 Å². The molecule has 0 saturated heterocycles. The molecule has 0 amide bonds. The van der Waals surface area contributed by atoms with Gasteiger partial charge in [-0.3, -0.25) is 4.99 Å². The predicted molar refractivity (Wildman–Crippen MR) is 122 cm³/mol. The summed E-state index contributed by atoms with van der Waals surface area (Å²) in [5.74, 6) is 1.50. The zero-order valence-corrected chi connectivity index (χ0v) is 17.4. The number of benzene rings is 3. The predicted octanol–water partition coefficient (Wildman–Crippen LogP) is 5.34. The summed E-state index contributed by atoms with van der Waals surface area (Å²) in [5, 5.41) is 0. The number of aromatic nitrogens is 2. The Bertz CT molecular complexity index is 1230. The molecule has 0 fully saturated rings. The topological polar surface area (TPSA) is 56.2 Å². The normalized spacial score (nSPS) is 11.9. The minimum Gasteiger partial charge on any atom is -0.384 e. The lowest BCUT2D eigenvalue weighted by molar-refractivity contribution is 0.796. The lowest BCUT2D eigenvalue weighted by Gasteiger charge is -2.14. The minimum atomic E-state index is 0.523. The first-order chi connectivity index (χ1) is 14.0. The van der Waals surface area contributed by atoms with E-state index >= 15 is 0 Å². The molecule has 4 nitrogen and oxygen atoms in total. The standard InChI is InChI=1S/C25H26N4/c1-5-29-23-13-11-18(24(26)27-4)15-22(23)28-25(29)21-9-7-6-8-20(21)19-12-10-16(2)14-17(19)3/h6-15H,5H2,1-4H3,(H2,26,27). The third-order valence-corrected chi connectivity index (χ3v) is 5.44. The Labute approximate surface area is 171 Å². The van der Waals surface area contributed by atoms with Crippen molar-refractivity contribution in [2.75, 3.05) is 7.05 Å². The van der Waals surface area contributed by atoms with Gasteiger partial charge in [0.05, 0.1) is 11.0 Å². The highest BCUT2D eigenvalue weighted by Gasteiger charge is 2.17. The second-order valence-corrected chi connectivity index (χ2v) is 7.36. The van der Waals surface area contributed by atoms with Gasteiger partial charge in [0, 0.05) is 24.7 Å². The summed E-state index contributed by atoms with van der Waals surface area (Å²) in [4.78, 5) is 9.12. The van der Waals surface area contributed by atoms with E-state index in [9.17, 15) is 0 Å². The Kier molecular flexibility index (Phi) is 4.93. The zero-order valence-electron chi connectivity index (χ0n) is 17.4. The number of nitrogens with zero attached hydrogens (tertiary/aromatic N) is 3. The van der Waals surface area contributed by atoms with Crippen LogP contribution in [0.2, 0.25) is 0 Å². The van der Waals surface area contributed by atoms with Crippen LogP contribution in [0.15, 0.2) is 65.7 Å². The molecule has 2 N–H and O–H groups in total. The van der Waals surface area contributed by atoms with Crippen LogP contribution in [0, 0.1) is 13.8 Å². The Morgan fingerprint density at radius 2 is 1.72 bits per heavy atom. The largest absolute Gasteiger partial charge is 0.384 e. The van der Waals surface area contributed by atoms with Crippen LogP contribution >= 0.6 is 0 Å². The van der Waals surface area contributed by atoms with Gasteiger partial charge >= 0.3 is 0 Å². The molecule has 146 valence electrons. The molecule has 0 aliphatic rings. The van der Waals surface area contributed by atoms with Gasteiger partial charge in [0.1, 0.15) is 11.7 Å². The average molecular weight is 383 g/mol. The number of rotatable bonds is 4. The fourth-order valence-corrected chi connectivity index (χ4v) is 3.97. The summed E-state index contributed by atoms with van der Waals surface area (Å²) in [6, 6.07) is 21.2. The van der Waals surface area contributed by atoms with Crippen molar-refractivity contribution < 1.29 is 0 Å². The van der Waals surface area contributed by atoms with E-state index in [0.717, 1.165) is 34.5 Å². The van der Waals surface area contributed by atoms with Gasteiger partial charge < -0.3 is 10.3 Å². The van der Waals surface area contributed by atoms with Gasteiger partial charge in [0.15, 0.2) is 0 Å². The third kappa shape index (κ3) is 3.31. The summed E-state index contributed by atoms with van der Waals surface area (Å²) in [5.41, 5.74) is 15.1. The van der Waals surface area contributed by atoms with Gasteiger partial charge in [-0.25, -0.2) is 4.98 Å². The summed E-state index contributed by atoms with van der Waals surface area (Å²) in [6.45, 7) is 7.28. The van der Waals surface area contributed by atoms with E-state index in [2.05, 4.69) is 78.9 Å². The van der Waals surface area contributed by atoms with Crippen LogP contribution < -0.4 is 5.73 Å². The highest BCUT2D eigenvalue weighted by molar-refractivity contribution is 6.00. The molecule has 4 heteroatoms. The molecule has 0 aliphatic heterocycles. The van der Waals surface area contributed by atoms with E-state index in [1.165, 1.54) is 22.3 Å². The van der Waals surface area contributed by atoms with Crippen molar-refractivity contribution in [2.45, 2.75) is 27.3 Å². The maximum absolute atomic E-state index is 6.02. The van der Waals surface area contributed by atoms with Crippen molar-refractivity contribution in [3.05, 3.63) is 77.4 Å². The maximum Gasteiger partial charge on any atom is 0.141 e. The molecule has 1 aromatic heterocycles. The van der Waals surface area contributed by atoms with Crippen LogP contribution in [0.1, 0.15) is 23.6 Å². The number of amidine groups is 1. The molecule has 3 aromatic carbocycles. The van der Waals surface area contributed by atoms with Crippen LogP contribution in [0.25, 0.3) is 33.5 Å². The molecule has 0 radical (unpaired) electrons. The number of hydrogen-bond acceptors (Lipinski definition) is 2. The number of imidazole rings is 1.